The summed E-state index contributed by atoms with van der Waals surface area (Å²) in [5, 5.41) is 11.1. The summed E-state index contributed by atoms with van der Waals surface area (Å²) in [6.45, 7) is 10.9. The number of rotatable bonds is 2. The quantitative estimate of drug-likeness (QED) is 0.806. The van der Waals surface area contributed by atoms with Crippen LogP contribution >= 0.6 is 0 Å². The van der Waals surface area contributed by atoms with Crippen molar-refractivity contribution in [3.63, 3.8) is 0 Å². The molecule has 2 heteroatoms. The Balaban J connectivity index is 1.83. The van der Waals surface area contributed by atoms with Crippen molar-refractivity contribution in [2.75, 3.05) is 18.0 Å². The summed E-state index contributed by atoms with van der Waals surface area (Å²) in [5.41, 5.74) is 8.02. The second-order valence-corrected chi connectivity index (χ2v) is 7.61. The van der Waals surface area contributed by atoms with Gasteiger partial charge in [0.05, 0.1) is 0 Å². The Labute approximate surface area is 150 Å². The summed E-state index contributed by atoms with van der Waals surface area (Å²) < 4.78 is 0. The first-order valence-corrected chi connectivity index (χ1v) is 9.46. The third kappa shape index (κ3) is 2.74. The zero-order chi connectivity index (χ0) is 17.6. The van der Waals surface area contributed by atoms with Crippen molar-refractivity contribution in [1.29, 1.82) is 0 Å². The lowest BCUT2D eigenvalue weighted by Crippen LogP contribution is -2.34. The Kier molecular flexibility index (Phi) is 4.07. The highest BCUT2D eigenvalue weighted by atomic mass is 16.3. The van der Waals surface area contributed by atoms with E-state index in [9.17, 15) is 5.11 Å². The van der Waals surface area contributed by atoms with E-state index in [0.29, 0.717) is 11.7 Å². The minimum atomic E-state index is 0.423. The number of hydrogen-bond donors (Lipinski definition) is 1. The number of phenolic OH excluding ortho intramolecular Hbond substituents is 1. The zero-order valence-electron chi connectivity index (χ0n) is 15.3. The fourth-order valence-electron chi connectivity index (χ4n) is 4.39. The molecule has 1 N–H and O–H groups in total. The van der Waals surface area contributed by atoms with Gasteiger partial charge in [-0.2, -0.15) is 0 Å². The van der Waals surface area contributed by atoms with Gasteiger partial charge in [0.2, 0.25) is 0 Å². The normalized spacial score (nSPS) is 22.0. The van der Waals surface area contributed by atoms with Crippen LogP contribution in [-0.4, -0.2) is 18.2 Å². The molecule has 130 valence electrons. The number of allylic oxidation sites excluding steroid dienone is 7. The number of benzene rings is 1. The van der Waals surface area contributed by atoms with Crippen LogP contribution in [0.5, 0.6) is 5.75 Å². The lowest BCUT2D eigenvalue weighted by molar-refractivity contribution is 0.461. The van der Waals surface area contributed by atoms with Crippen LogP contribution in [0.2, 0.25) is 0 Å². The van der Waals surface area contributed by atoms with Gasteiger partial charge in [-0.15, -0.1) is 0 Å². The van der Waals surface area contributed by atoms with E-state index in [4.69, 9.17) is 0 Å². The van der Waals surface area contributed by atoms with Crippen LogP contribution in [-0.2, 0) is 12.8 Å². The molecule has 0 saturated carbocycles. The van der Waals surface area contributed by atoms with Crippen LogP contribution in [0.1, 0.15) is 43.4 Å². The van der Waals surface area contributed by atoms with Gasteiger partial charge in [-0.3, -0.25) is 0 Å². The molecule has 0 aromatic heterocycles. The SMILES string of the molecule is C=C(C1=C(C)C=CC(C)C=C1)c1cc2c3c(c1O)CCCN3CCC2. The van der Waals surface area contributed by atoms with Gasteiger partial charge in [0.25, 0.3) is 0 Å². The first-order valence-electron chi connectivity index (χ1n) is 9.46. The molecule has 0 spiro atoms. The van der Waals surface area contributed by atoms with E-state index in [-0.39, 0.29) is 0 Å². The molecule has 0 radical (unpaired) electrons. The Hall–Kier alpha value is -2.22. The van der Waals surface area contributed by atoms with Gasteiger partial charge >= 0.3 is 0 Å². The van der Waals surface area contributed by atoms with E-state index < -0.39 is 0 Å². The molecule has 25 heavy (non-hydrogen) atoms. The van der Waals surface area contributed by atoms with E-state index in [0.717, 1.165) is 54.6 Å². The monoisotopic (exact) mass is 333 g/mol. The third-order valence-corrected chi connectivity index (χ3v) is 5.79. The number of aromatic hydroxyl groups is 1. The summed E-state index contributed by atoms with van der Waals surface area (Å²) in [5.74, 6) is 0.873. The minimum Gasteiger partial charge on any atom is -0.507 e. The molecule has 2 heterocycles. The van der Waals surface area contributed by atoms with Gasteiger partial charge in [0.1, 0.15) is 5.75 Å². The lowest BCUT2D eigenvalue weighted by Gasteiger charge is -2.37. The average molecular weight is 333 g/mol. The Morgan fingerprint density at radius 3 is 2.68 bits per heavy atom. The molecule has 1 aliphatic carbocycles. The Morgan fingerprint density at radius 1 is 1.16 bits per heavy atom. The predicted octanol–water partition coefficient (Wildman–Crippen LogP) is 5.18. The van der Waals surface area contributed by atoms with Gasteiger partial charge < -0.3 is 10.0 Å². The average Bonchev–Trinajstić information content (AvgIpc) is 2.79. The molecule has 1 atom stereocenters. The number of anilines is 1. The molecule has 2 aliphatic heterocycles. The van der Waals surface area contributed by atoms with Gasteiger partial charge in [0.15, 0.2) is 0 Å². The summed E-state index contributed by atoms with van der Waals surface area (Å²) in [6, 6.07) is 2.19. The highest BCUT2D eigenvalue weighted by Gasteiger charge is 2.28. The fraction of sp³-hybridized carbons (Fsp3) is 0.391. The highest BCUT2D eigenvalue weighted by molar-refractivity contribution is 5.87. The third-order valence-electron chi connectivity index (χ3n) is 5.79. The zero-order valence-corrected chi connectivity index (χ0v) is 15.3. The van der Waals surface area contributed by atoms with Crippen molar-refractivity contribution in [1.82, 2.24) is 0 Å². The maximum absolute atomic E-state index is 11.1. The lowest BCUT2D eigenvalue weighted by atomic mass is 9.85. The first kappa shape index (κ1) is 16.3. The second-order valence-electron chi connectivity index (χ2n) is 7.61. The number of phenols is 1. The summed E-state index contributed by atoms with van der Waals surface area (Å²) in [7, 11) is 0. The van der Waals surface area contributed by atoms with Gasteiger partial charge in [-0.1, -0.05) is 37.8 Å². The standard InChI is InChI=1S/C23H27NO/c1-15-8-10-16(2)19(11-9-15)17(3)21-14-18-6-4-12-24-13-5-7-20(22(18)24)23(21)25/h8-11,14-15,25H,3-7,12-13H2,1-2H3. The maximum atomic E-state index is 11.1. The van der Waals surface area contributed by atoms with E-state index in [1.54, 1.807) is 0 Å². The first-order chi connectivity index (χ1) is 12.1. The van der Waals surface area contributed by atoms with Gasteiger partial charge in [0, 0.05) is 29.9 Å². The minimum absolute atomic E-state index is 0.423. The van der Waals surface area contributed by atoms with Crippen molar-refractivity contribution in [2.24, 2.45) is 5.92 Å². The number of aryl methyl sites for hydroxylation is 1. The van der Waals surface area contributed by atoms with Crippen LogP contribution in [0.3, 0.4) is 0 Å². The Morgan fingerprint density at radius 2 is 1.88 bits per heavy atom. The van der Waals surface area contributed by atoms with E-state index >= 15 is 0 Å². The molecule has 3 aliphatic rings. The molecule has 0 bridgehead atoms. The molecular formula is C23H27NO. The summed E-state index contributed by atoms with van der Waals surface area (Å²) in [4.78, 5) is 2.46. The largest absolute Gasteiger partial charge is 0.507 e. The van der Waals surface area contributed by atoms with Crippen molar-refractivity contribution in [3.05, 3.63) is 64.8 Å². The van der Waals surface area contributed by atoms with Crippen LogP contribution in [0.4, 0.5) is 5.69 Å². The molecule has 1 unspecified atom stereocenters. The summed E-state index contributed by atoms with van der Waals surface area (Å²) in [6.07, 6.45) is 13.1. The molecule has 4 rings (SSSR count). The van der Waals surface area contributed by atoms with Crippen molar-refractivity contribution in [2.45, 2.75) is 39.5 Å². The molecule has 1 aromatic carbocycles. The van der Waals surface area contributed by atoms with E-state index in [2.05, 4.69) is 55.7 Å². The predicted molar refractivity (Wildman–Crippen MR) is 106 cm³/mol. The second kappa shape index (κ2) is 6.25. The van der Waals surface area contributed by atoms with E-state index in [1.165, 1.54) is 23.2 Å². The molecular weight excluding hydrogens is 306 g/mol. The number of hydrogen-bond acceptors (Lipinski definition) is 2. The van der Waals surface area contributed by atoms with Gasteiger partial charge in [-0.05, 0) is 66.9 Å². The molecule has 0 amide bonds. The molecule has 0 saturated heterocycles. The van der Waals surface area contributed by atoms with Crippen LogP contribution in [0.25, 0.3) is 5.57 Å². The van der Waals surface area contributed by atoms with Crippen molar-refractivity contribution < 1.29 is 5.11 Å². The van der Waals surface area contributed by atoms with E-state index in [1.807, 2.05) is 0 Å². The topological polar surface area (TPSA) is 23.5 Å². The van der Waals surface area contributed by atoms with Crippen molar-refractivity contribution >= 4 is 11.3 Å². The smallest absolute Gasteiger partial charge is 0.128 e. The van der Waals surface area contributed by atoms with Gasteiger partial charge in [-0.25, -0.2) is 0 Å². The molecule has 1 aromatic rings. The highest BCUT2D eigenvalue weighted by Crippen LogP contribution is 2.45. The van der Waals surface area contributed by atoms with Crippen molar-refractivity contribution in [3.8, 4) is 5.75 Å². The molecule has 0 fully saturated rings. The maximum Gasteiger partial charge on any atom is 0.128 e. The van der Waals surface area contributed by atoms with Crippen LogP contribution in [0, 0.1) is 5.92 Å². The fourth-order valence-corrected chi connectivity index (χ4v) is 4.39. The summed E-state index contributed by atoms with van der Waals surface area (Å²) >= 11 is 0. The Bertz CT molecular complexity index is 823. The number of nitrogens with zero attached hydrogens (tertiary/aromatic N) is 1. The van der Waals surface area contributed by atoms with Crippen LogP contribution in [0.15, 0.2) is 48.1 Å². The van der Waals surface area contributed by atoms with Crippen LogP contribution < -0.4 is 4.90 Å². The molecule has 2 nitrogen and oxygen atoms in total.